The lowest BCUT2D eigenvalue weighted by molar-refractivity contribution is -0.0205. The molecule has 1 fully saturated rings. The molecule has 1 rings (SSSR count). The molecule has 0 N–H and O–H groups in total. The Labute approximate surface area is 67.9 Å². The molecule has 0 spiro atoms. The van der Waals surface area contributed by atoms with E-state index in [0.717, 1.165) is 6.42 Å². The Morgan fingerprint density at radius 2 is 2.45 bits per heavy atom. The van der Waals surface area contributed by atoms with Gasteiger partial charge in [0.1, 0.15) is 0 Å². The minimum Gasteiger partial charge on any atom is -0.339 e. The van der Waals surface area contributed by atoms with Crippen LogP contribution >= 0.6 is 0 Å². The first kappa shape index (κ1) is 8.58. The normalized spacial score (nSPS) is 33.2. The summed E-state index contributed by atoms with van der Waals surface area (Å²) < 4.78 is 10.4. The zero-order valence-corrected chi connectivity index (χ0v) is 6.62. The maximum atomic E-state index is 5.72. The van der Waals surface area contributed by atoms with Gasteiger partial charge in [-0.1, -0.05) is 13.3 Å². The molecule has 60 valence electrons. The van der Waals surface area contributed by atoms with Crippen LogP contribution in [0.3, 0.4) is 0 Å². The fourth-order valence-electron chi connectivity index (χ4n) is 0.994. The molecule has 1 aliphatic rings. The van der Waals surface area contributed by atoms with Crippen LogP contribution in [-0.2, 0) is 9.47 Å². The molecule has 3 atom stereocenters. The van der Waals surface area contributed by atoms with E-state index in [1.54, 1.807) is 0 Å². The highest BCUT2D eigenvalue weighted by Crippen LogP contribution is 2.19. The van der Waals surface area contributed by atoms with Gasteiger partial charge in [-0.15, -0.1) is 6.42 Å². The largest absolute Gasteiger partial charge is 0.339 e. The molecule has 0 aromatic rings. The average Bonchev–Trinajstić information content (AvgIpc) is 2.50. The van der Waals surface area contributed by atoms with Crippen LogP contribution in [0.4, 0.5) is 0 Å². The smallest absolute Gasteiger partial charge is 0.222 e. The zero-order chi connectivity index (χ0) is 8.27. The minimum atomic E-state index is -0.488. The van der Waals surface area contributed by atoms with E-state index < -0.39 is 6.29 Å². The Balaban J connectivity index is 2.36. The molecule has 2 heteroatoms. The molecule has 11 heavy (non-hydrogen) atoms. The fourth-order valence-corrected chi connectivity index (χ4v) is 0.994. The second kappa shape index (κ2) is 3.75. The molecule has 0 aliphatic carbocycles. The van der Waals surface area contributed by atoms with Crippen LogP contribution < -0.4 is 0 Å². The maximum absolute atomic E-state index is 5.72. The van der Waals surface area contributed by atoms with Gasteiger partial charge in [0.15, 0.2) is 0 Å². The highest BCUT2D eigenvalue weighted by molar-refractivity contribution is 4.93. The van der Waals surface area contributed by atoms with Crippen LogP contribution in [-0.4, -0.2) is 19.0 Å². The molecule has 1 aliphatic heterocycles. The highest BCUT2D eigenvalue weighted by atomic mass is 16.7. The summed E-state index contributed by atoms with van der Waals surface area (Å²) in [5.74, 6) is 2.41. The number of terminal acetylenes is 1. The van der Waals surface area contributed by atoms with Crippen molar-refractivity contribution in [2.45, 2.75) is 25.7 Å². The van der Waals surface area contributed by atoms with Gasteiger partial charge in [-0.25, -0.2) is 0 Å². The third-order valence-corrected chi connectivity index (χ3v) is 1.80. The van der Waals surface area contributed by atoms with Crippen molar-refractivity contribution < 1.29 is 9.47 Å². The highest BCUT2D eigenvalue weighted by Gasteiger charge is 2.27. The first-order valence-corrected chi connectivity index (χ1v) is 3.76. The van der Waals surface area contributed by atoms with Crippen LogP contribution in [0.2, 0.25) is 0 Å². The van der Waals surface area contributed by atoms with E-state index in [0.29, 0.717) is 6.61 Å². The molecule has 0 saturated carbocycles. The van der Waals surface area contributed by atoms with Crippen molar-refractivity contribution in [3.8, 4) is 12.3 Å². The van der Waals surface area contributed by atoms with Crippen molar-refractivity contribution >= 4 is 0 Å². The van der Waals surface area contributed by atoms with Gasteiger partial charge in [-0.2, -0.15) is 0 Å². The van der Waals surface area contributed by atoms with E-state index in [-0.39, 0.29) is 12.0 Å². The van der Waals surface area contributed by atoms with E-state index in [2.05, 4.69) is 5.92 Å². The van der Waals surface area contributed by atoms with Gasteiger partial charge in [0.05, 0.1) is 12.7 Å². The van der Waals surface area contributed by atoms with Gasteiger partial charge in [-0.3, -0.25) is 0 Å². The summed E-state index contributed by atoms with van der Waals surface area (Å²) in [6.07, 6.45) is 5.46. The average molecular weight is 152 g/mol. The van der Waals surface area contributed by atoms with Crippen LogP contribution in [0.5, 0.6) is 0 Å². The SMILES string of the molecule is [CH]C(CC)C1COC(C#C)O1. The topological polar surface area (TPSA) is 18.5 Å². The van der Waals surface area contributed by atoms with Gasteiger partial charge >= 0.3 is 0 Å². The summed E-state index contributed by atoms with van der Waals surface area (Å²) in [7, 11) is 0. The molecule has 3 unspecified atom stereocenters. The zero-order valence-electron chi connectivity index (χ0n) is 6.62. The lowest BCUT2D eigenvalue weighted by atomic mass is 10.0. The molecule has 0 bridgehead atoms. The van der Waals surface area contributed by atoms with Crippen molar-refractivity contribution in [2.24, 2.45) is 5.92 Å². The second-order valence-electron chi connectivity index (χ2n) is 2.58. The quantitative estimate of drug-likeness (QED) is 0.551. The number of hydrogen-bond acceptors (Lipinski definition) is 2. The fraction of sp³-hybridized carbons (Fsp3) is 0.667. The Bertz CT molecular complexity index is 159. The van der Waals surface area contributed by atoms with Gasteiger partial charge in [0.25, 0.3) is 0 Å². The lowest BCUT2D eigenvalue weighted by Crippen LogP contribution is -2.20. The van der Waals surface area contributed by atoms with E-state index >= 15 is 0 Å². The molecular weight excluding hydrogens is 140 g/mol. The van der Waals surface area contributed by atoms with Crippen molar-refractivity contribution in [1.82, 2.24) is 0 Å². The van der Waals surface area contributed by atoms with Crippen molar-refractivity contribution in [3.63, 3.8) is 0 Å². The summed E-state index contributed by atoms with van der Waals surface area (Å²) >= 11 is 0. The first-order valence-electron chi connectivity index (χ1n) is 3.76. The molecule has 0 aromatic carbocycles. The molecule has 2 nitrogen and oxygen atoms in total. The second-order valence-corrected chi connectivity index (χ2v) is 2.58. The van der Waals surface area contributed by atoms with Crippen LogP contribution in [0, 0.1) is 25.2 Å². The number of hydrogen-bond donors (Lipinski definition) is 0. The predicted octanol–water partition coefficient (Wildman–Crippen LogP) is 1.10. The third kappa shape index (κ3) is 1.95. The molecule has 0 aromatic heterocycles. The van der Waals surface area contributed by atoms with Crippen LogP contribution in [0.15, 0.2) is 0 Å². The van der Waals surface area contributed by atoms with E-state index in [4.69, 9.17) is 22.8 Å². The Kier molecular flexibility index (Phi) is 2.92. The summed E-state index contributed by atoms with van der Waals surface area (Å²) in [6.45, 7) is 8.25. The minimum absolute atomic E-state index is 0.0268. The summed E-state index contributed by atoms with van der Waals surface area (Å²) in [5.41, 5.74) is 0. The monoisotopic (exact) mass is 152 g/mol. The molecule has 2 radical (unpaired) electrons. The van der Waals surface area contributed by atoms with Gasteiger partial charge in [0, 0.05) is 0 Å². The van der Waals surface area contributed by atoms with Gasteiger partial charge < -0.3 is 9.47 Å². The molecular formula is C9H12O2. The van der Waals surface area contributed by atoms with E-state index in [9.17, 15) is 0 Å². The lowest BCUT2D eigenvalue weighted by Gasteiger charge is -2.13. The van der Waals surface area contributed by atoms with Crippen molar-refractivity contribution in [2.75, 3.05) is 6.61 Å². The van der Waals surface area contributed by atoms with Crippen LogP contribution in [0.1, 0.15) is 13.3 Å². The van der Waals surface area contributed by atoms with E-state index in [1.807, 2.05) is 6.92 Å². The Morgan fingerprint density at radius 1 is 1.73 bits per heavy atom. The molecule has 1 saturated heterocycles. The standard InChI is InChI=1S/C9H12O2/c1-4-7(3)8-6-10-9(5-2)11-8/h2-3,7-9H,4,6H2,1H3. The first-order chi connectivity index (χ1) is 5.27. The van der Waals surface area contributed by atoms with Crippen LogP contribution in [0.25, 0.3) is 0 Å². The number of rotatable bonds is 2. The molecule has 1 heterocycles. The summed E-state index contributed by atoms with van der Waals surface area (Å²) in [4.78, 5) is 0. The van der Waals surface area contributed by atoms with Gasteiger partial charge in [-0.05, 0) is 18.8 Å². The summed E-state index contributed by atoms with van der Waals surface area (Å²) in [6, 6.07) is 0. The van der Waals surface area contributed by atoms with Gasteiger partial charge in [0.2, 0.25) is 6.29 Å². The Morgan fingerprint density at radius 3 is 2.91 bits per heavy atom. The van der Waals surface area contributed by atoms with Crippen molar-refractivity contribution in [1.29, 1.82) is 0 Å². The molecule has 0 amide bonds. The Hall–Kier alpha value is -0.520. The summed E-state index contributed by atoms with van der Waals surface area (Å²) in [5, 5.41) is 0. The third-order valence-electron chi connectivity index (χ3n) is 1.80. The number of ether oxygens (including phenoxy) is 2. The maximum Gasteiger partial charge on any atom is 0.222 e. The van der Waals surface area contributed by atoms with Crippen molar-refractivity contribution in [3.05, 3.63) is 6.92 Å². The predicted molar refractivity (Wildman–Crippen MR) is 41.5 cm³/mol. The van der Waals surface area contributed by atoms with E-state index in [1.165, 1.54) is 0 Å².